The van der Waals surface area contributed by atoms with Crippen LogP contribution in [0.5, 0.6) is 0 Å². The minimum Gasteiger partial charge on any atom is -0.325 e. The first-order chi connectivity index (χ1) is 11.8. The molecule has 25 heavy (non-hydrogen) atoms. The molecule has 0 aliphatic rings. The first-order valence-electron chi connectivity index (χ1n) is 7.59. The molecule has 4 nitrogen and oxygen atoms in total. The number of aryl methyl sites for hydroxylation is 1. The number of nitrogens with one attached hydrogen (secondary N) is 2. The number of hydrogen-bond acceptors (Lipinski definition) is 3. The molecule has 1 unspecified atom stereocenters. The van der Waals surface area contributed by atoms with Crippen LogP contribution in [0.3, 0.4) is 0 Å². The van der Waals surface area contributed by atoms with E-state index in [1.807, 2.05) is 13.0 Å². The first-order valence-corrected chi connectivity index (χ1v) is 9.02. The van der Waals surface area contributed by atoms with Gasteiger partial charge in [-0.15, -0.1) is 11.8 Å². The van der Waals surface area contributed by atoms with E-state index < -0.39 is 5.25 Å². The zero-order chi connectivity index (χ0) is 18.4. The monoisotopic (exact) mass is 380 g/mol. The lowest BCUT2D eigenvalue weighted by atomic mass is 10.2. The highest BCUT2D eigenvalue weighted by molar-refractivity contribution is 8.01. The van der Waals surface area contributed by atoms with Crippen molar-refractivity contribution in [3.05, 3.63) is 58.9 Å². The number of benzene rings is 2. The van der Waals surface area contributed by atoms with E-state index in [9.17, 15) is 14.0 Å². The van der Waals surface area contributed by atoms with E-state index in [0.29, 0.717) is 16.4 Å². The van der Waals surface area contributed by atoms with Crippen LogP contribution in [-0.4, -0.2) is 22.8 Å². The number of anilines is 2. The van der Waals surface area contributed by atoms with Gasteiger partial charge in [0.15, 0.2) is 0 Å². The maximum atomic E-state index is 12.8. The van der Waals surface area contributed by atoms with Crippen LogP contribution in [0, 0.1) is 12.7 Å². The molecule has 2 aromatic carbocycles. The van der Waals surface area contributed by atoms with Crippen LogP contribution in [0.1, 0.15) is 12.5 Å². The topological polar surface area (TPSA) is 58.2 Å². The molecule has 0 bridgehead atoms. The Morgan fingerprint density at radius 3 is 2.48 bits per heavy atom. The van der Waals surface area contributed by atoms with Crippen molar-refractivity contribution in [2.45, 2.75) is 19.1 Å². The molecule has 0 saturated carbocycles. The van der Waals surface area contributed by atoms with Gasteiger partial charge in [0.1, 0.15) is 5.82 Å². The summed E-state index contributed by atoms with van der Waals surface area (Å²) in [5.74, 6) is -0.754. The number of carbonyl (C=O) groups is 2. The van der Waals surface area contributed by atoms with Crippen LogP contribution in [0.15, 0.2) is 42.5 Å². The highest BCUT2D eigenvalue weighted by Gasteiger charge is 2.16. The van der Waals surface area contributed by atoms with E-state index in [2.05, 4.69) is 10.6 Å². The lowest BCUT2D eigenvalue weighted by Crippen LogP contribution is -2.25. The Kier molecular flexibility index (Phi) is 6.84. The molecule has 0 aliphatic carbocycles. The summed E-state index contributed by atoms with van der Waals surface area (Å²) in [6, 6.07) is 10.9. The van der Waals surface area contributed by atoms with Crippen molar-refractivity contribution in [2.75, 3.05) is 16.4 Å². The SMILES string of the molecule is Cc1ccc(NC(=O)C(C)SCC(=O)Nc2ccc(F)cc2)c(Cl)c1. The Morgan fingerprint density at radius 2 is 1.84 bits per heavy atom. The zero-order valence-electron chi connectivity index (χ0n) is 13.8. The first kappa shape index (κ1) is 19.3. The molecule has 0 fully saturated rings. The largest absolute Gasteiger partial charge is 0.325 e. The molecule has 0 saturated heterocycles. The number of rotatable bonds is 6. The molecule has 1 atom stereocenters. The van der Waals surface area contributed by atoms with Gasteiger partial charge in [-0.3, -0.25) is 9.59 Å². The van der Waals surface area contributed by atoms with Crippen LogP contribution in [0.25, 0.3) is 0 Å². The van der Waals surface area contributed by atoms with Gasteiger partial charge in [0.05, 0.1) is 21.7 Å². The average Bonchev–Trinajstić information content (AvgIpc) is 2.57. The van der Waals surface area contributed by atoms with Gasteiger partial charge >= 0.3 is 0 Å². The molecule has 2 amide bonds. The average molecular weight is 381 g/mol. The molecule has 0 spiro atoms. The fraction of sp³-hybridized carbons (Fsp3) is 0.222. The van der Waals surface area contributed by atoms with E-state index in [1.165, 1.54) is 36.0 Å². The minimum atomic E-state index is -0.434. The summed E-state index contributed by atoms with van der Waals surface area (Å²) in [5.41, 5.74) is 2.05. The van der Waals surface area contributed by atoms with Gasteiger partial charge in [0.2, 0.25) is 11.8 Å². The molecular formula is C18H18ClFN2O2S. The van der Waals surface area contributed by atoms with Crippen molar-refractivity contribution >= 4 is 46.6 Å². The number of hydrogen-bond donors (Lipinski definition) is 2. The van der Waals surface area contributed by atoms with Gasteiger partial charge in [-0.05, 0) is 55.8 Å². The third-order valence-corrected chi connectivity index (χ3v) is 4.80. The fourth-order valence-electron chi connectivity index (χ4n) is 1.96. The highest BCUT2D eigenvalue weighted by atomic mass is 35.5. The second-order valence-corrected chi connectivity index (χ2v) is 7.22. The lowest BCUT2D eigenvalue weighted by Gasteiger charge is -2.13. The molecule has 0 heterocycles. The predicted octanol–water partition coefficient (Wildman–Crippen LogP) is 4.49. The van der Waals surface area contributed by atoms with Gasteiger partial charge < -0.3 is 10.6 Å². The summed E-state index contributed by atoms with van der Waals surface area (Å²) >= 11 is 7.30. The van der Waals surface area contributed by atoms with Crippen molar-refractivity contribution in [2.24, 2.45) is 0 Å². The molecule has 7 heteroatoms. The second-order valence-electron chi connectivity index (χ2n) is 5.48. The van der Waals surface area contributed by atoms with E-state index in [1.54, 1.807) is 19.1 Å². The van der Waals surface area contributed by atoms with E-state index >= 15 is 0 Å². The van der Waals surface area contributed by atoms with Gasteiger partial charge in [-0.25, -0.2) is 4.39 Å². The maximum absolute atomic E-state index is 12.8. The number of carbonyl (C=O) groups excluding carboxylic acids is 2. The Hall–Kier alpha value is -2.05. The summed E-state index contributed by atoms with van der Waals surface area (Å²) in [6.07, 6.45) is 0. The number of thioether (sulfide) groups is 1. The number of halogens is 2. The molecule has 132 valence electrons. The standard InChI is InChI=1S/C18H18ClFN2O2S/c1-11-3-8-16(15(19)9-11)22-18(24)12(2)25-10-17(23)21-14-6-4-13(20)5-7-14/h3-9,12H,10H2,1-2H3,(H,21,23)(H,22,24). The van der Waals surface area contributed by atoms with Crippen molar-refractivity contribution in [3.63, 3.8) is 0 Å². The van der Waals surface area contributed by atoms with Crippen LogP contribution < -0.4 is 10.6 Å². The second kappa shape index (κ2) is 8.87. The zero-order valence-corrected chi connectivity index (χ0v) is 15.4. The molecule has 0 aliphatic heterocycles. The van der Waals surface area contributed by atoms with Crippen molar-refractivity contribution in [1.82, 2.24) is 0 Å². The summed E-state index contributed by atoms with van der Waals surface area (Å²) in [7, 11) is 0. The summed E-state index contributed by atoms with van der Waals surface area (Å²) in [5, 5.41) is 5.44. The molecule has 0 radical (unpaired) electrons. The van der Waals surface area contributed by atoms with Crippen molar-refractivity contribution in [3.8, 4) is 0 Å². The highest BCUT2D eigenvalue weighted by Crippen LogP contribution is 2.24. The molecule has 2 rings (SSSR count). The molecule has 2 aromatic rings. The number of amides is 2. The predicted molar refractivity (Wildman–Crippen MR) is 102 cm³/mol. The van der Waals surface area contributed by atoms with Crippen LogP contribution in [0.2, 0.25) is 5.02 Å². The summed E-state index contributed by atoms with van der Waals surface area (Å²) < 4.78 is 12.8. The Balaban J connectivity index is 1.82. The van der Waals surface area contributed by atoms with Crippen LogP contribution in [-0.2, 0) is 9.59 Å². The van der Waals surface area contributed by atoms with E-state index in [4.69, 9.17) is 11.6 Å². The molecule has 0 aromatic heterocycles. The Bertz CT molecular complexity index is 768. The van der Waals surface area contributed by atoms with Crippen LogP contribution in [0.4, 0.5) is 15.8 Å². The van der Waals surface area contributed by atoms with Crippen molar-refractivity contribution < 1.29 is 14.0 Å². The van der Waals surface area contributed by atoms with E-state index in [-0.39, 0.29) is 23.4 Å². The summed E-state index contributed by atoms with van der Waals surface area (Å²) in [4.78, 5) is 24.1. The lowest BCUT2D eigenvalue weighted by molar-refractivity contribution is -0.115. The maximum Gasteiger partial charge on any atom is 0.237 e. The van der Waals surface area contributed by atoms with Crippen LogP contribution >= 0.6 is 23.4 Å². The Labute approximate surface area is 155 Å². The molecular weight excluding hydrogens is 363 g/mol. The van der Waals surface area contributed by atoms with Gasteiger partial charge in [0.25, 0.3) is 0 Å². The molecule has 2 N–H and O–H groups in total. The van der Waals surface area contributed by atoms with Crippen molar-refractivity contribution in [1.29, 1.82) is 0 Å². The fourth-order valence-corrected chi connectivity index (χ4v) is 2.93. The smallest absolute Gasteiger partial charge is 0.237 e. The van der Waals surface area contributed by atoms with Gasteiger partial charge in [-0.1, -0.05) is 17.7 Å². The third-order valence-electron chi connectivity index (χ3n) is 3.34. The normalized spacial score (nSPS) is 11.7. The quantitative estimate of drug-likeness (QED) is 0.776. The summed E-state index contributed by atoms with van der Waals surface area (Å²) in [6.45, 7) is 3.63. The van der Waals surface area contributed by atoms with Gasteiger partial charge in [0, 0.05) is 5.69 Å². The third kappa shape index (κ3) is 6.07. The van der Waals surface area contributed by atoms with Gasteiger partial charge in [-0.2, -0.15) is 0 Å². The minimum absolute atomic E-state index is 0.105. The Morgan fingerprint density at radius 1 is 1.16 bits per heavy atom. The van der Waals surface area contributed by atoms with E-state index in [0.717, 1.165) is 5.56 Å².